The lowest BCUT2D eigenvalue weighted by Crippen LogP contribution is -1.95. The predicted octanol–water partition coefficient (Wildman–Crippen LogP) is 3.25. The van der Waals surface area contributed by atoms with E-state index in [-0.39, 0.29) is 11.7 Å². The summed E-state index contributed by atoms with van der Waals surface area (Å²) in [4.78, 5) is 17.4. The number of nitrogens with zero attached hydrogens (tertiary/aromatic N) is 3. The maximum absolute atomic E-state index is 10.4. The minimum atomic E-state index is -0.561. The molecule has 1 heterocycles. The Morgan fingerprint density at radius 3 is 2.61 bits per heavy atom. The Kier molecular flexibility index (Phi) is 3.52. The van der Waals surface area contributed by atoms with Crippen molar-refractivity contribution in [3.8, 4) is 11.8 Å². The molecule has 2 aromatic rings. The van der Waals surface area contributed by atoms with Crippen LogP contribution in [0.4, 0.5) is 5.69 Å². The van der Waals surface area contributed by atoms with Crippen molar-refractivity contribution in [1.82, 2.24) is 9.97 Å². The number of hydrogen-bond donors (Lipinski definition) is 0. The topological polar surface area (TPSA) is 78.2 Å². The van der Waals surface area contributed by atoms with E-state index in [0.29, 0.717) is 5.75 Å². The summed E-state index contributed by atoms with van der Waals surface area (Å²) in [6.07, 6.45) is 2.21. The molecular weight excluding hydrogens is 302 g/mol. The van der Waals surface area contributed by atoms with Gasteiger partial charge in [0.05, 0.1) is 4.92 Å². The van der Waals surface area contributed by atoms with E-state index in [1.807, 2.05) is 19.1 Å². The first-order chi connectivity index (χ1) is 8.56. The van der Waals surface area contributed by atoms with Gasteiger partial charge < -0.3 is 4.74 Å². The van der Waals surface area contributed by atoms with Crippen LogP contribution in [0.25, 0.3) is 0 Å². The normalized spacial score (nSPS) is 10.1. The minimum Gasteiger partial charge on any atom is -0.424 e. The maximum Gasteiger partial charge on any atom is 0.322 e. The van der Waals surface area contributed by atoms with Crippen molar-refractivity contribution < 1.29 is 9.66 Å². The fourth-order valence-electron chi connectivity index (χ4n) is 1.24. The standard InChI is InChI=1S/C11H8BrN3O3/c1-7-2-3-8(12)4-10(7)18-11-13-5-9(6-14-11)15(16)17/h2-6H,1H3. The Labute approximate surface area is 111 Å². The Bertz CT molecular complexity index is 587. The van der Waals surface area contributed by atoms with Gasteiger partial charge in [-0.15, -0.1) is 0 Å². The first kappa shape index (κ1) is 12.4. The molecule has 0 radical (unpaired) electrons. The van der Waals surface area contributed by atoms with Crippen LogP contribution in [0.15, 0.2) is 35.1 Å². The molecule has 0 unspecified atom stereocenters. The lowest BCUT2D eigenvalue weighted by molar-refractivity contribution is -0.385. The molecule has 92 valence electrons. The molecule has 0 amide bonds. The van der Waals surface area contributed by atoms with Crippen LogP contribution in [-0.2, 0) is 0 Å². The molecule has 6 nitrogen and oxygen atoms in total. The van der Waals surface area contributed by atoms with Crippen LogP contribution >= 0.6 is 15.9 Å². The summed E-state index contributed by atoms with van der Waals surface area (Å²) in [7, 11) is 0. The summed E-state index contributed by atoms with van der Waals surface area (Å²) in [6.45, 7) is 1.88. The SMILES string of the molecule is Cc1ccc(Br)cc1Oc1ncc([N+](=O)[O-])cn1. The maximum atomic E-state index is 10.4. The highest BCUT2D eigenvalue weighted by Gasteiger charge is 2.09. The Balaban J connectivity index is 2.23. The average molecular weight is 310 g/mol. The number of benzene rings is 1. The zero-order valence-corrected chi connectivity index (χ0v) is 10.9. The molecule has 0 aliphatic carbocycles. The molecule has 0 aliphatic rings. The van der Waals surface area contributed by atoms with Crippen molar-refractivity contribution in [3.63, 3.8) is 0 Å². The molecule has 2 rings (SSSR count). The van der Waals surface area contributed by atoms with Gasteiger partial charge in [-0.2, -0.15) is 9.97 Å². The summed E-state index contributed by atoms with van der Waals surface area (Å²) in [5, 5.41) is 10.4. The first-order valence-corrected chi connectivity index (χ1v) is 5.76. The fraction of sp³-hybridized carbons (Fsp3) is 0.0909. The van der Waals surface area contributed by atoms with Crippen molar-refractivity contribution in [2.75, 3.05) is 0 Å². The Morgan fingerprint density at radius 2 is 2.00 bits per heavy atom. The number of hydrogen-bond acceptors (Lipinski definition) is 5. The summed E-state index contributed by atoms with van der Waals surface area (Å²) in [5.74, 6) is 0.596. The highest BCUT2D eigenvalue weighted by atomic mass is 79.9. The Morgan fingerprint density at radius 1 is 1.33 bits per heavy atom. The van der Waals surface area contributed by atoms with E-state index in [4.69, 9.17) is 4.74 Å². The average Bonchev–Trinajstić information content (AvgIpc) is 2.34. The zero-order chi connectivity index (χ0) is 13.1. The van der Waals surface area contributed by atoms with Gasteiger partial charge >= 0.3 is 11.7 Å². The number of rotatable bonds is 3. The van der Waals surface area contributed by atoms with Crippen molar-refractivity contribution in [1.29, 1.82) is 0 Å². The molecule has 0 bridgehead atoms. The molecule has 1 aromatic heterocycles. The second-order valence-electron chi connectivity index (χ2n) is 3.49. The highest BCUT2D eigenvalue weighted by Crippen LogP contribution is 2.26. The molecule has 7 heteroatoms. The number of aryl methyl sites for hydroxylation is 1. The molecule has 0 spiro atoms. The number of halogens is 1. The lowest BCUT2D eigenvalue weighted by Gasteiger charge is -2.06. The number of nitro groups is 1. The monoisotopic (exact) mass is 309 g/mol. The van der Waals surface area contributed by atoms with Crippen LogP contribution in [0.5, 0.6) is 11.8 Å². The molecule has 0 atom stereocenters. The van der Waals surface area contributed by atoms with Gasteiger partial charge in [0.1, 0.15) is 18.1 Å². The van der Waals surface area contributed by atoms with Crippen molar-refractivity contribution in [3.05, 3.63) is 50.7 Å². The fourth-order valence-corrected chi connectivity index (χ4v) is 1.58. The van der Waals surface area contributed by atoms with E-state index < -0.39 is 4.92 Å². The van der Waals surface area contributed by atoms with Crippen molar-refractivity contribution >= 4 is 21.6 Å². The third-order valence-electron chi connectivity index (χ3n) is 2.18. The van der Waals surface area contributed by atoms with E-state index in [0.717, 1.165) is 22.4 Å². The first-order valence-electron chi connectivity index (χ1n) is 4.96. The van der Waals surface area contributed by atoms with E-state index in [9.17, 15) is 10.1 Å². The molecular formula is C11H8BrN3O3. The van der Waals surface area contributed by atoms with Crippen LogP contribution in [0.2, 0.25) is 0 Å². The lowest BCUT2D eigenvalue weighted by atomic mass is 10.2. The third-order valence-corrected chi connectivity index (χ3v) is 2.67. The van der Waals surface area contributed by atoms with E-state index in [1.165, 1.54) is 0 Å². The van der Waals surface area contributed by atoms with E-state index >= 15 is 0 Å². The zero-order valence-electron chi connectivity index (χ0n) is 9.33. The number of aromatic nitrogens is 2. The van der Waals surface area contributed by atoms with Crippen molar-refractivity contribution in [2.24, 2.45) is 0 Å². The highest BCUT2D eigenvalue weighted by molar-refractivity contribution is 9.10. The molecule has 18 heavy (non-hydrogen) atoms. The summed E-state index contributed by atoms with van der Waals surface area (Å²) in [5.41, 5.74) is 0.744. The van der Waals surface area contributed by atoms with Gasteiger partial charge in [-0.3, -0.25) is 10.1 Å². The smallest absolute Gasteiger partial charge is 0.322 e. The van der Waals surface area contributed by atoms with Crippen LogP contribution < -0.4 is 4.74 Å². The largest absolute Gasteiger partial charge is 0.424 e. The minimum absolute atomic E-state index is 0.0711. The van der Waals surface area contributed by atoms with Crippen LogP contribution in [0, 0.1) is 17.0 Å². The van der Waals surface area contributed by atoms with Crippen LogP contribution in [0.1, 0.15) is 5.56 Å². The summed E-state index contributed by atoms with van der Waals surface area (Å²) < 4.78 is 6.32. The van der Waals surface area contributed by atoms with Gasteiger partial charge in [-0.1, -0.05) is 22.0 Å². The second-order valence-corrected chi connectivity index (χ2v) is 4.41. The van der Waals surface area contributed by atoms with Crippen molar-refractivity contribution in [2.45, 2.75) is 6.92 Å². The van der Waals surface area contributed by atoms with Crippen LogP contribution in [-0.4, -0.2) is 14.9 Å². The van der Waals surface area contributed by atoms with Crippen LogP contribution in [0.3, 0.4) is 0 Å². The molecule has 0 fully saturated rings. The van der Waals surface area contributed by atoms with Gasteiger partial charge in [-0.25, -0.2) is 0 Å². The third kappa shape index (κ3) is 2.80. The molecule has 1 aromatic carbocycles. The molecule has 0 N–H and O–H groups in total. The number of ether oxygens (including phenoxy) is 1. The van der Waals surface area contributed by atoms with E-state index in [2.05, 4.69) is 25.9 Å². The van der Waals surface area contributed by atoms with Gasteiger partial charge in [0.25, 0.3) is 0 Å². The molecule has 0 saturated heterocycles. The van der Waals surface area contributed by atoms with Gasteiger partial charge in [0.2, 0.25) is 0 Å². The van der Waals surface area contributed by atoms with Gasteiger partial charge in [-0.05, 0) is 24.6 Å². The molecule has 0 aliphatic heterocycles. The Hall–Kier alpha value is -2.02. The van der Waals surface area contributed by atoms with Gasteiger partial charge in [0, 0.05) is 4.47 Å². The molecule has 0 saturated carbocycles. The predicted molar refractivity (Wildman–Crippen MR) is 67.6 cm³/mol. The van der Waals surface area contributed by atoms with E-state index in [1.54, 1.807) is 6.07 Å². The second kappa shape index (κ2) is 5.09. The summed E-state index contributed by atoms with van der Waals surface area (Å²) >= 11 is 3.33. The van der Waals surface area contributed by atoms with Gasteiger partial charge in [0.15, 0.2) is 0 Å². The summed E-state index contributed by atoms with van der Waals surface area (Å²) in [6, 6.07) is 5.62. The quantitative estimate of drug-likeness (QED) is 0.642.